The summed E-state index contributed by atoms with van der Waals surface area (Å²) in [5.41, 5.74) is 0.384. The van der Waals surface area contributed by atoms with E-state index in [1.54, 1.807) is 13.3 Å². The second-order valence-electron chi connectivity index (χ2n) is 9.49. The minimum atomic E-state index is -1.52. The number of para-hydroxylation sites is 1. The number of carbonyl (C=O) groups is 1. The number of hydrogen-bond acceptors (Lipinski definition) is 7. The highest BCUT2D eigenvalue weighted by Gasteiger charge is 2.36. The highest BCUT2D eigenvalue weighted by atomic mass is 79.9. The third-order valence-electron chi connectivity index (χ3n) is 6.30. The van der Waals surface area contributed by atoms with Crippen LogP contribution in [0.1, 0.15) is 50.5 Å². The van der Waals surface area contributed by atoms with Crippen LogP contribution in [0.25, 0.3) is 20.9 Å². The normalized spacial score (nSPS) is 12.9. The summed E-state index contributed by atoms with van der Waals surface area (Å²) in [5, 5.41) is 10.5. The van der Waals surface area contributed by atoms with E-state index in [1.165, 1.54) is 36.0 Å². The summed E-state index contributed by atoms with van der Waals surface area (Å²) >= 11 is 5.02. The fourth-order valence-electron chi connectivity index (χ4n) is 4.40. The highest BCUT2D eigenvalue weighted by Crippen LogP contribution is 2.43. The summed E-state index contributed by atoms with van der Waals surface area (Å²) < 4.78 is 20.0. The summed E-state index contributed by atoms with van der Waals surface area (Å²) in [6.45, 7) is 8.76. The molecule has 1 N–H and O–H groups in total. The molecule has 0 spiro atoms. The Hall–Kier alpha value is -2.95. The van der Waals surface area contributed by atoms with Crippen molar-refractivity contribution in [2.24, 2.45) is 0 Å². The molecule has 1 aromatic carbocycles. The standard InChI is InChI=1S/C27H29BrN2O6S/c1-14(2)36-19(16-9-7-8-10-18(16)34-6)13-17-22-20(15(3)21(37-22)24-29-11-12-35-24)25(31)30(23(17)28)27(4,5)26(32)33/h7-12,14,19H,13H2,1-6H3,(H,32,33)/t19-/m0/s1. The molecule has 0 bridgehead atoms. The van der Waals surface area contributed by atoms with E-state index < -0.39 is 23.2 Å². The third kappa shape index (κ3) is 4.85. The molecule has 3 aromatic heterocycles. The minimum absolute atomic E-state index is 0.0986. The second kappa shape index (κ2) is 10.4. The van der Waals surface area contributed by atoms with Crippen LogP contribution in [0.3, 0.4) is 0 Å². The van der Waals surface area contributed by atoms with Gasteiger partial charge in [-0.15, -0.1) is 11.3 Å². The smallest absolute Gasteiger partial charge is 0.329 e. The number of benzene rings is 1. The van der Waals surface area contributed by atoms with Gasteiger partial charge in [0.1, 0.15) is 17.6 Å². The fraction of sp³-hybridized carbons (Fsp3) is 0.370. The summed E-state index contributed by atoms with van der Waals surface area (Å²) in [5.74, 6) is -0.0346. The van der Waals surface area contributed by atoms with Gasteiger partial charge in [0.25, 0.3) is 5.56 Å². The number of ether oxygens (including phenoxy) is 2. The molecule has 0 fully saturated rings. The largest absolute Gasteiger partial charge is 0.496 e. The van der Waals surface area contributed by atoms with Crippen molar-refractivity contribution in [2.75, 3.05) is 7.11 Å². The number of oxazole rings is 1. The van der Waals surface area contributed by atoms with Gasteiger partial charge in [-0.2, -0.15) is 0 Å². The van der Waals surface area contributed by atoms with Crippen molar-refractivity contribution in [1.29, 1.82) is 0 Å². The van der Waals surface area contributed by atoms with Gasteiger partial charge < -0.3 is 19.0 Å². The summed E-state index contributed by atoms with van der Waals surface area (Å²) in [6.07, 6.45) is 2.86. The van der Waals surface area contributed by atoms with Crippen LogP contribution in [0.5, 0.6) is 5.75 Å². The van der Waals surface area contributed by atoms with Crippen LogP contribution >= 0.6 is 27.3 Å². The average molecular weight is 590 g/mol. The number of fused-ring (bicyclic) bond motifs is 1. The minimum Gasteiger partial charge on any atom is -0.496 e. The monoisotopic (exact) mass is 588 g/mol. The van der Waals surface area contributed by atoms with E-state index in [0.29, 0.717) is 33.6 Å². The van der Waals surface area contributed by atoms with Crippen LogP contribution in [0, 0.1) is 6.92 Å². The zero-order valence-corrected chi connectivity index (χ0v) is 23.9. The first-order valence-electron chi connectivity index (χ1n) is 11.8. The lowest BCUT2D eigenvalue weighted by molar-refractivity contribution is -0.145. The molecule has 1 atom stereocenters. The zero-order chi connectivity index (χ0) is 27.1. The topological polar surface area (TPSA) is 104 Å². The lowest BCUT2D eigenvalue weighted by atomic mass is 9.98. The number of aryl methyl sites for hydroxylation is 1. The highest BCUT2D eigenvalue weighted by molar-refractivity contribution is 9.10. The van der Waals surface area contributed by atoms with Gasteiger partial charge in [0.15, 0.2) is 0 Å². The van der Waals surface area contributed by atoms with Crippen molar-refractivity contribution in [3.05, 3.63) is 68.4 Å². The number of pyridine rings is 1. The molecule has 0 radical (unpaired) electrons. The maximum Gasteiger partial charge on any atom is 0.329 e. The van der Waals surface area contributed by atoms with Gasteiger partial charge in [-0.3, -0.25) is 9.36 Å². The molecule has 3 heterocycles. The Morgan fingerprint density at radius 2 is 2.00 bits per heavy atom. The lowest BCUT2D eigenvalue weighted by Crippen LogP contribution is -2.43. The van der Waals surface area contributed by atoms with Crippen LogP contribution in [0.15, 0.2) is 50.5 Å². The van der Waals surface area contributed by atoms with Crippen LogP contribution in [0.2, 0.25) is 0 Å². The predicted molar refractivity (Wildman–Crippen MR) is 147 cm³/mol. The maximum atomic E-state index is 13.9. The Balaban J connectivity index is 2.05. The number of thiophene rings is 1. The van der Waals surface area contributed by atoms with Gasteiger partial charge in [-0.1, -0.05) is 18.2 Å². The van der Waals surface area contributed by atoms with Gasteiger partial charge in [-0.05, 0) is 62.2 Å². The maximum absolute atomic E-state index is 13.9. The van der Waals surface area contributed by atoms with Crippen molar-refractivity contribution >= 4 is 43.3 Å². The molecule has 0 aliphatic heterocycles. The van der Waals surface area contributed by atoms with Gasteiger partial charge in [0.05, 0.1) is 40.4 Å². The third-order valence-corrected chi connectivity index (χ3v) is 8.48. The molecule has 4 aromatic rings. The second-order valence-corrected chi connectivity index (χ2v) is 11.3. The molecular weight excluding hydrogens is 560 g/mol. The van der Waals surface area contributed by atoms with Crippen molar-refractivity contribution in [3.63, 3.8) is 0 Å². The first-order chi connectivity index (χ1) is 17.5. The number of rotatable bonds is 9. The molecule has 0 saturated heterocycles. The van der Waals surface area contributed by atoms with Gasteiger partial charge in [0.2, 0.25) is 5.89 Å². The van der Waals surface area contributed by atoms with E-state index in [0.717, 1.165) is 20.7 Å². The number of carboxylic acid groups (broad SMARTS) is 1. The Morgan fingerprint density at radius 3 is 2.59 bits per heavy atom. The van der Waals surface area contributed by atoms with E-state index >= 15 is 0 Å². The molecule has 8 nitrogen and oxygen atoms in total. The number of aliphatic carboxylic acids is 1. The number of aromatic nitrogens is 2. The first-order valence-corrected chi connectivity index (χ1v) is 13.4. The van der Waals surface area contributed by atoms with Gasteiger partial charge >= 0.3 is 5.97 Å². The van der Waals surface area contributed by atoms with Crippen LogP contribution in [-0.4, -0.2) is 33.8 Å². The predicted octanol–water partition coefficient (Wildman–Crippen LogP) is 6.33. The van der Waals surface area contributed by atoms with Crippen LogP contribution < -0.4 is 10.3 Å². The summed E-state index contributed by atoms with van der Waals surface area (Å²) in [4.78, 5) is 31.1. The molecule has 4 rings (SSSR count). The van der Waals surface area contributed by atoms with Gasteiger partial charge in [-0.25, -0.2) is 9.78 Å². The zero-order valence-electron chi connectivity index (χ0n) is 21.5. The molecule has 0 amide bonds. The van der Waals surface area contributed by atoms with Crippen LogP contribution in [0.4, 0.5) is 0 Å². The van der Waals surface area contributed by atoms with E-state index in [-0.39, 0.29) is 6.10 Å². The molecular formula is C27H29BrN2O6S. The van der Waals surface area contributed by atoms with E-state index in [4.69, 9.17) is 13.9 Å². The van der Waals surface area contributed by atoms with E-state index in [2.05, 4.69) is 20.9 Å². The molecule has 37 heavy (non-hydrogen) atoms. The van der Waals surface area contributed by atoms with Crippen LogP contribution in [-0.2, 0) is 21.5 Å². The summed E-state index contributed by atoms with van der Waals surface area (Å²) in [6, 6.07) is 7.64. The number of halogens is 1. The molecule has 10 heteroatoms. The Bertz CT molecular complexity index is 1500. The Morgan fingerprint density at radius 1 is 1.30 bits per heavy atom. The van der Waals surface area contributed by atoms with Crippen molar-refractivity contribution in [3.8, 4) is 16.5 Å². The number of methoxy groups -OCH3 is 1. The summed E-state index contributed by atoms with van der Waals surface area (Å²) in [7, 11) is 1.61. The first kappa shape index (κ1) is 27.1. The van der Waals surface area contributed by atoms with Crippen molar-refractivity contribution in [1.82, 2.24) is 9.55 Å². The Kier molecular flexibility index (Phi) is 7.64. The molecule has 196 valence electrons. The van der Waals surface area contributed by atoms with Crippen molar-refractivity contribution in [2.45, 2.75) is 58.8 Å². The molecule has 0 aliphatic rings. The molecule has 0 aliphatic carbocycles. The SMILES string of the molecule is COc1ccccc1[C@H](Cc1c(Br)n(C(C)(C)C(=O)O)c(=O)c2c(C)c(-c3ncco3)sc12)OC(C)C. The fourth-order valence-corrected chi connectivity index (χ4v) is 6.79. The lowest BCUT2D eigenvalue weighted by Gasteiger charge is -2.28. The van der Waals surface area contributed by atoms with E-state index in [1.807, 2.05) is 45.0 Å². The Labute approximate surface area is 227 Å². The number of nitrogens with zero attached hydrogens (tertiary/aromatic N) is 2. The van der Waals surface area contributed by atoms with Gasteiger partial charge in [0, 0.05) is 22.2 Å². The number of carboxylic acids is 1. The average Bonchev–Trinajstić information content (AvgIpc) is 3.48. The molecule has 0 unspecified atom stereocenters. The quantitative estimate of drug-likeness (QED) is 0.228. The van der Waals surface area contributed by atoms with Crippen molar-refractivity contribution < 1.29 is 23.8 Å². The molecule has 0 saturated carbocycles. The number of hydrogen-bond donors (Lipinski definition) is 1. The van der Waals surface area contributed by atoms with E-state index in [9.17, 15) is 14.7 Å².